The highest BCUT2D eigenvalue weighted by atomic mass is 19.3. The van der Waals surface area contributed by atoms with E-state index >= 15 is 0 Å². The van der Waals surface area contributed by atoms with Gasteiger partial charge >= 0.3 is 60.0 Å². The van der Waals surface area contributed by atoms with Crippen LogP contribution in [0.4, 0.5) is 70.2 Å². The fourth-order valence-corrected chi connectivity index (χ4v) is 1.89. The molecule has 19 heteroatoms. The Morgan fingerprint density at radius 1 is 0.552 bits per heavy atom. The summed E-state index contributed by atoms with van der Waals surface area (Å²) in [4.78, 5) is 0. The number of halogens is 16. The van der Waals surface area contributed by atoms with Crippen LogP contribution in [0.15, 0.2) is 24.2 Å². The average molecular weight is 472 g/mol. The Kier molecular flexibility index (Phi) is 5.79. The highest BCUT2D eigenvalue weighted by Crippen LogP contribution is 2.69. The molecule has 0 radical (unpaired) electrons. The van der Waals surface area contributed by atoms with Crippen molar-refractivity contribution in [3.63, 3.8) is 0 Å². The normalized spacial score (nSPS) is 28.7. The molecule has 0 amide bonds. The molecule has 0 aromatic heterocycles. The number of rotatable bonds is 6. The zero-order valence-corrected chi connectivity index (χ0v) is 12.3. The van der Waals surface area contributed by atoms with E-state index in [4.69, 9.17) is 0 Å². The van der Waals surface area contributed by atoms with Gasteiger partial charge in [-0.1, -0.05) is 0 Å². The topological polar surface area (TPSA) is 27.7 Å². The van der Waals surface area contributed by atoms with Crippen LogP contribution < -0.4 is 0 Å². The van der Waals surface area contributed by atoms with E-state index in [-0.39, 0.29) is 0 Å². The van der Waals surface area contributed by atoms with Crippen molar-refractivity contribution in [3.05, 3.63) is 24.2 Å². The van der Waals surface area contributed by atoms with Crippen LogP contribution >= 0.6 is 0 Å². The van der Waals surface area contributed by atoms with Crippen LogP contribution in [-0.4, -0.2) is 35.8 Å². The van der Waals surface area contributed by atoms with Crippen molar-refractivity contribution >= 4 is 0 Å². The van der Waals surface area contributed by atoms with Crippen LogP contribution in [-0.2, 0) is 14.2 Å². The summed E-state index contributed by atoms with van der Waals surface area (Å²) in [6, 6.07) is -8.07. The molecule has 0 aromatic carbocycles. The maximum Gasteiger partial charge on any atom is 0.447 e. The van der Waals surface area contributed by atoms with Gasteiger partial charge in [-0.2, -0.15) is 61.5 Å². The molecule has 1 aliphatic rings. The third-order valence-corrected chi connectivity index (χ3v) is 3.07. The lowest BCUT2D eigenvalue weighted by Crippen LogP contribution is -2.74. The predicted molar refractivity (Wildman–Crippen MR) is 51.4 cm³/mol. The van der Waals surface area contributed by atoms with Gasteiger partial charge in [0.05, 0.1) is 0 Å². The van der Waals surface area contributed by atoms with Crippen LogP contribution in [0.3, 0.4) is 0 Å². The second-order valence-electron chi connectivity index (χ2n) is 4.76. The van der Waals surface area contributed by atoms with E-state index in [2.05, 4.69) is 0 Å². The van der Waals surface area contributed by atoms with Gasteiger partial charge in [0.25, 0.3) is 0 Å². The maximum absolute atomic E-state index is 14.3. The van der Waals surface area contributed by atoms with Gasteiger partial charge in [-0.25, -0.2) is 13.5 Å². The minimum absolute atomic E-state index is 1.84. The lowest BCUT2D eigenvalue weighted by molar-refractivity contribution is -0.430. The van der Waals surface area contributed by atoms with Crippen molar-refractivity contribution in [3.8, 4) is 0 Å². The van der Waals surface area contributed by atoms with Gasteiger partial charge in [0.1, 0.15) is 0 Å². The summed E-state index contributed by atoms with van der Waals surface area (Å²) in [7, 11) is 0. The van der Waals surface area contributed by atoms with E-state index in [1.165, 1.54) is 0 Å². The van der Waals surface area contributed by atoms with Crippen LogP contribution in [0.25, 0.3) is 0 Å². The van der Waals surface area contributed by atoms with Crippen LogP contribution in [0.1, 0.15) is 0 Å². The lowest BCUT2D eigenvalue weighted by atomic mass is 9.83. The molecule has 2 atom stereocenters. The Labute approximate surface area is 146 Å². The molecule has 1 aliphatic heterocycles. The Hall–Kier alpha value is -2.08. The van der Waals surface area contributed by atoms with Gasteiger partial charge in [-0.05, 0) is 0 Å². The number of hydrogen-bond acceptors (Lipinski definition) is 3. The summed E-state index contributed by atoms with van der Waals surface area (Å²) in [5, 5.41) is 0. The number of hydrogen-bond donors (Lipinski definition) is 0. The summed E-state index contributed by atoms with van der Waals surface area (Å²) in [5.74, 6) is 0. The fraction of sp³-hybridized carbons (Fsp3) is 0.600. The first kappa shape index (κ1) is 25.0. The first-order valence-electron chi connectivity index (χ1n) is 6.00. The van der Waals surface area contributed by atoms with E-state index < -0.39 is 60.0 Å². The van der Waals surface area contributed by atoms with Crippen LogP contribution in [0.5, 0.6) is 0 Å². The molecule has 29 heavy (non-hydrogen) atoms. The molecule has 0 aromatic rings. The van der Waals surface area contributed by atoms with Gasteiger partial charge in [-0.15, -0.1) is 0 Å². The zero-order valence-electron chi connectivity index (χ0n) is 12.3. The molecule has 1 rings (SSSR count). The van der Waals surface area contributed by atoms with E-state index in [9.17, 15) is 70.2 Å². The fourth-order valence-electron chi connectivity index (χ4n) is 1.89. The largest absolute Gasteiger partial charge is 0.447 e. The summed E-state index contributed by atoms with van der Waals surface area (Å²) in [6.45, 7) is 0. The first-order valence-corrected chi connectivity index (χ1v) is 6.00. The van der Waals surface area contributed by atoms with E-state index in [1.807, 2.05) is 14.2 Å². The molecule has 0 bridgehead atoms. The molecular formula is C10F16O3. The number of ether oxygens (including phenoxy) is 3. The Bertz CT molecular complexity index is 662. The highest BCUT2D eigenvalue weighted by molar-refractivity contribution is 5.23. The molecule has 0 spiro atoms. The van der Waals surface area contributed by atoms with Crippen molar-refractivity contribution in [1.82, 2.24) is 0 Å². The first-order chi connectivity index (χ1) is 12.6. The van der Waals surface area contributed by atoms with Gasteiger partial charge in [0, 0.05) is 0 Å². The molecule has 1 fully saturated rings. The summed E-state index contributed by atoms with van der Waals surface area (Å²) in [5.41, 5.74) is -15.4. The lowest BCUT2D eigenvalue weighted by Gasteiger charge is -2.40. The van der Waals surface area contributed by atoms with Crippen LogP contribution in [0, 0.1) is 0 Å². The van der Waals surface area contributed by atoms with E-state index in [0.717, 1.165) is 0 Å². The molecule has 170 valence electrons. The summed E-state index contributed by atoms with van der Waals surface area (Å²) in [6.07, 6.45) is -37.2. The van der Waals surface area contributed by atoms with Gasteiger partial charge in [0.2, 0.25) is 0 Å². The van der Waals surface area contributed by atoms with Gasteiger partial charge in [0.15, 0.2) is 0 Å². The highest BCUT2D eigenvalue weighted by Gasteiger charge is 3.03. The molecular weight excluding hydrogens is 472 g/mol. The van der Waals surface area contributed by atoms with Crippen molar-refractivity contribution in [2.24, 2.45) is 0 Å². The van der Waals surface area contributed by atoms with Crippen molar-refractivity contribution in [2.45, 2.75) is 35.8 Å². The average Bonchev–Trinajstić information content (AvgIpc) is 2.61. The zero-order chi connectivity index (χ0) is 23.4. The van der Waals surface area contributed by atoms with Gasteiger partial charge in [-0.3, -0.25) is 0 Å². The maximum atomic E-state index is 14.3. The molecule has 0 aliphatic carbocycles. The van der Waals surface area contributed by atoms with Gasteiger partial charge < -0.3 is 9.47 Å². The molecule has 3 nitrogen and oxygen atoms in total. The quantitative estimate of drug-likeness (QED) is 0.356. The van der Waals surface area contributed by atoms with E-state index in [1.54, 1.807) is 0 Å². The third-order valence-electron chi connectivity index (χ3n) is 3.07. The Morgan fingerprint density at radius 2 is 0.793 bits per heavy atom. The molecule has 2 unspecified atom stereocenters. The van der Waals surface area contributed by atoms with Crippen LogP contribution in [0.2, 0.25) is 0 Å². The van der Waals surface area contributed by atoms with Crippen molar-refractivity contribution in [1.29, 1.82) is 0 Å². The molecule has 1 saturated heterocycles. The minimum Gasteiger partial charge on any atom is -0.399 e. The minimum atomic E-state index is -7.69. The standard InChI is InChI=1S/C10F16O3/c11-1(12)3(15)27-7(19,20)5(17)6(18,10(25,26)29-9(5,23)24)8(21,22)28-4(16)2(13)14. The predicted octanol–water partition coefficient (Wildman–Crippen LogP) is 5.91. The third kappa shape index (κ3) is 3.31. The van der Waals surface area contributed by atoms with Crippen molar-refractivity contribution < 1.29 is 84.5 Å². The molecule has 0 saturated carbocycles. The smallest absolute Gasteiger partial charge is 0.399 e. The second kappa shape index (κ2) is 6.73. The number of alkyl halides is 10. The summed E-state index contributed by atoms with van der Waals surface area (Å²) < 4.78 is 213. The SMILES string of the molecule is FC(F)=C(F)OC(F)(F)C1(F)C(F)(F)OC(F)(F)C1(F)C(F)(F)OC(F)=C(F)F. The molecule has 0 N–H and O–H groups in total. The van der Waals surface area contributed by atoms with Crippen molar-refractivity contribution in [2.75, 3.05) is 0 Å². The molecule has 1 heterocycles. The summed E-state index contributed by atoms with van der Waals surface area (Å²) >= 11 is 0. The Balaban J connectivity index is 3.84. The van der Waals surface area contributed by atoms with E-state index in [0.29, 0.717) is 0 Å². The second-order valence-corrected chi connectivity index (χ2v) is 4.76. The monoisotopic (exact) mass is 472 g/mol. The Morgan fingerprint density at radius 3 is 1.00 bits per heavy atom.